The predicted molar refractivity (Wildman–Crippen MR) is 56.4 cm³/mol. The molecule has 0 saturated heterocycles. The van der Waals surface area contributed by atoms with Crippen molar-refractivity contribution < 1.29 is 9.18 Å². The number of aromatic nitrogens is 3. The molecule has 0 aliphatic heterocycles. The van der Waals surface area contributed by atoms with Gasteiger partial charge in [-0.15, -0.1) is 5.10 Å². The summed E-state index contributed by atoms with van der Waals surface area (Å²) in [5.74, 6) is -0.427. The van der Waals surface area contributed by atoms with Crippen molar-refractivity contribution in [1.29, 1.82) is 5.26 Å². The number of halogens is 1. The average Bonchev–Trinajstić information content (AvgIpc) is 2.72. The summed E-state index contributed by atoms with van der Waals surface area (Å²) in [6, 6.07) is 7.60. The molecule has 5 nitrogen and oxygen atoms in total. The van der Waals surface area contributed by atoms with Crippen LogP contribution in [-0.2, 0) is 6.54 Å². The van der Waals surface area contributed by atoms with E-state index in [0.717, 1.165) is 0 Å². The van der Waals surface area contributed by atoms with E-state index in [4.69, 9.17) is 5.26 Å². The second-order valence-electron chi connectivity index (χ2n) is 3.27. The standard InChI is InChI=1S/C11H7FN4O/c12-9-3-1-2-8(6-9)11-10(7-17)14-15-16(11)5-4-13/h1-3,6-7H,5H2. The molecule has 0 fully saturated rings. The van der Waals surface area contributed by atoms with Crippen LogP contribution in [0.3, 0.4) is 0 Å². The van der Waals surface area contributed by atoms with E-state index >= 15 is 0 Å². The number of carbonyl (C=O) groups is 1. The molecule has 1 aromatic carbocycles. The fourth-order valence-electron chi connectivity index (χ4n) is 1.52. The minimum atomic E-state index is -0.427. The number of nitriles is 1. The lowest BCUT2D eigenvalue weighted by Gasteiger charge is -2.03. The van der Waals surface area contributed by atoms with Crippen LogP contribution in [0.2, 0.25) is 0 Å². The third-order valence-corrected chi connectivity index (χ3v) is 2.19. The van der Waals surface area contributed by atoms with Gasteiger partial charge in [0.1, 0.15) is 18.1 Å². The fraction of sp³-hybridized carbons (Fsp3) is 0.0909. The maximum absolute atomic E-state index is 13.1. The SMILES string of the molecule is N#CCn1nnc(C=O)c1-c1cccc(F)c1. The Bertz CT molecular complexity index is 600. The average molecular weight is 230 g/mol. The number of nitrogens with zero attached hydrogens (tertiary/aromatic N) is 4. The van der Waals surface area contributed by atoms with Crippen LogP contribution in [0, 0.1) is 17.1 Å². The molecule has 1 heterocycles. The first kappa shape index (κ1) is 11.0. The predicted octanol–water partition coefficient (Wildman–Crippen LogP) is 1.42. The van der Waals surface area contributed by atoms with Crippen LogP contribution in [0.25, 0.3) is 11.3 Å². The van der Waals surface area contributed by atoms with Crippen molar-refractivity contribution in [3.63, 3.8) is 0 Å². The zero-order chi connectivity index (χ0) is 12.3. The number of hydrogen-bond donors (Lipinski definition) is 0. The fourth-order valence-corrected chi connectivity index (χ4v) is 1.52. The monoisotopic (exact) mass is 230 g/mol. The van der Waals surface area contributed by atoms with E-state index in [-0.39, 0.29) is 12.2 Å². The zero-order valence-electron chi connectivity index (χ0n) is 8.67. The Morgan fingerprint density at radius 1 is 1.53 bits per heavy atom. The van der Waals surface area contributed by atoms with Crippen LogP contribution in [0.1, 0.15) is 10.5 Å². The van der Waals surface area contributed by atoms with Crippen molar-refractivity contribution in [3.8, 4) is 17.3 Å². The van der Waals surface area contributed by atoms with Gasteiger partial charge in [-0.1, -0.05) is 17.3 Å². The van der Waals surface area contributed by atoms with Gasteiger partial charge < -0.3 is 0 Å². The van der Waals surface area contributed by atoms with Gasteiger partial charge >= 0.3 is 0 Å². The summed E-state index contributed by atoms with van der Waals surface area (Å²) in [6.07, 6.45) is 0.529. The molecule has 0 atom stereocenters. The second kappa shape index (κ2) is 4.53. The van der Waals surface area contributed by atoms with Crippen molar-refractivity contribution >= 4 is 6.29 Å². The lowest BCUT2D eigenvalue weighted by Crippen LogP contribution is -2.01. The van der Waals surface area contributed by atoms with Crippen LogP contribution in [0.15, 0.2) is 24.3 Å². The van der Waals surface area contributed by atoms with Gasteiger partial charge in [0, 0.05) is 5.56 Å². The Morgan fingerprint density at radius 3 is 3.00 bits per heavy atom. The molecule has 0 saturated carbocycles. The molecule has 17 heavy (non-hydrogen) atoms. The lowest BCUT2D eigenvalue weighted by atomic mass is 10.1. The summed E-state index contributed by atoms with van der Waals surface area (Å²) in [5.41, 5.74) is 0.902. The highest BCUT2D eigenvalue weighted by Crippen LogP contribution is 2.21. The molecule has 0 amide bonds. The van der Waals surface area contributed by atoms with Gasteiger partial charge in [-0.3, -0.25) is 4.79 Å². The molecule has 0 aliphatic carbocycles. The first-order valence-corrected chi connectivity index (χ1v) is 4.78. The van der Waals surface area contributed by atoms with Crippen LogP contribution >= 0.6 is 0 Å². The van der Waals surface area contributed by atoms with Crippen molar-refractivity contribution in [2.75, 3.05) is 0 Å². The molecule has 0 unspecified atom stereocenters. The molecular formula is C11H7FN4O. The van der Waals surface area contributed by atoms with Gasteiger partial charge in [0.15, 0.2) is 12.0 Å². The molecule has 2 rings (SSSR count). The first-order chi connectivity index (χ1) is 8.26. The Balaban J connectivity index is 2.60. The van der Waals surface area contributed by atoms with E-state index in [1.165, 1.54) is 22.9 Å². The quantitative estimate of drug-likeness (QED) is 0.747. The van der Waals surface area contributed by atoms with Gasteiger partial charge in [-0.2, -0.15) is 5.26 Å². The van der Waals surface area contributed by atoms with Gasteiger partial charge in [0.25, 0.3) is 0 Å². The summed E-state index contributed by atoms with van der Waals surface area (Å²) < 4.78 is 14.4. The summed E-state index contributed by atoms with van der Waals surface area (Å²) >= 11 is 0. The molecule has 0 bridgehead atoms. The number of rotatable bonds is 3. The molecule has 84 valence electrons. The summed E-state index contributed by atoms with van der Waals surface area (Å²) in [6.45, 7) is -0.0489. The topological polar surface area (TPSA) is 71.6 Å². The van der Waals surface area contributed by atoms with E-state index in [2.05, 4.69) is 10.3 Å². The van der Waals surface area contributed by atoms with Gasteiger partial charge in [0.2, 0.25) is 0 Å². The zero-order valence-corrected chi connectivity index (χ0v) is 8.67. The van der Waals surface area contributed by atoms with Crippen LogP contribution in [0.4, 0.5) is 4.39 Å². The van der Waals surface area contributed by atoms with Crippen molar-refractivity contribution in [2.45, 2.75) is 6.54 Å². The van der Waals surface area contributed by atoms with Crippen molar-refractivity contribution in [2.24, 2.45) is 0 Å². The molecule has 0 N–H and O–H groups in total. The number of aldehydes is 1. The molecule has 0 radical (unpaired) electrons. The molecule has 6 heteroatoms. The van der Waals surface area contributed by atoms with E-state index in [1.807, 2.05) is 6.07 Å². The van der Waals surface area contributed by atoms with Crippen LogP contribution < -0.4 is 0 Å². The van der Waals surface area contributed by atoms with Crippen LogP contribution in [-0.4, -0.2) is 21.3 Å². The normalized spacial score (nSPS) is 9.88. The van der Waals surface area contributed by atoms with Crippen molar-refractivity contribution in [3.05, 3.63) is 35.8 Å². The maximum atomic E-state index is 13.1. The Kier molecular flexibility index (Phi) is 2.92. The van der Waals surface area contributed by atoms with E-state index < -0.39 is 5.82 Å². The number of hydrogen-bond acceptors (Lipinski definition) is 4. The highest BCUT2D eigenvalue weighted by atomic mass is 19.1. The summed E-state index contributed by atoms with van der Waals surface area (Å²) in [7, 11) is 0. The smallest absolute Gasteiger partial charge is 0.172 e. The van der Waals surface area contributed by atoms with Gasteiger partial charge in [0.05, 0.1) is 6.07 Å². The molecule has 2 aromatic rings. The van der Waals surface area contributed by atoms with Crippen molar-refractivity contribution in [1.82, 2.24) is 15.0 Å². The molecular weight excluding hydrogens is 223 g/mol. The maximum Gasteiger partial charge on any atom is 0.172 e. The van der Waals surface area contributed by atoms with Crippen LogP contribution in [0.5, 0.6) is 0 Å². The second-order valence-corrected chi connectivity index (χ2v) is 3.27. The highest BCUT2D eigenvalue weighted by Gasteiger charge is 2.14. The third kappa shape index (κ3) is 2.03. The molecule has 1 aromatic heterocycles. The Morgan fingerprint density at radius 2 is 2.35 bits per heavy atom. The van der Waals surface area contributed by atoms with E-state index in [1.54, 1.807) is 6.07 Å². The van der Waals surface area contributed by atoms with Gasteiger partial charge in [-0.25, -0.2) is 9.07 Å². The lowest BCUT2D eigenvalue weighted by molar-refractivity contribution is 0.111. The summed E-state index contributed by atoms with van der Waals surface area (Å²) in [5, 5.41) is 15.9. The first-order valence-electron chi connectivity index (χ1n) is 4.78. The number of benzene rings is 1. The van der Waals surface area contributed by atoms with E-state index in [9.17, 15) is 9.18 Å². The minimum Gasteiger partial charge on any atom is -0.296 e. The number of carbonyl (C=O) groups excluding carboxylic acids is 1. The Hall–Kier alpha value is -2.55. The van der Waals surface area contributed by atoms with E-state index in [0.29, 0.717) is 17.5 Å². The molecule has 0 aliphatic rings. The highest BCUT2D eigenvalue weighted by molar-refractivity contribution is 5.83. The third-order valence-electron chi connectivity index (χ3n) is 2.19. The summed E-state index contributed by atoms with van der Waals surface area (Å²) in [4.78, 5) is 10.8. The largest absolute Gasteiger partial charge is 0.296 e. The van der Waals surface area contributed by atoms with Gasteiger partial charge in [-0.05, 0) is 12.1 Å². The Labute approximate surface area is 96.1 Å². The minimum absolute atomic E-state index is 0.0489. The molecule has 0 spiro atoms.